The Morgan fingerprint density at radius 1 is 1.03 bits per heavy atom. The molecule has 0 spiro atoms. The topological polar surface area (TPSA) is 114 Å². The molecule has 8 nitrogen and oxygen atoms in total. The number of carboxylic acids is 1. The van der Waals surface area contributed by atoms with Crippen molar-refractivity contribution in [1.29, 1.82) is 0 Å². The maximum atomic E-state index is 12.7. The molecule has 0 heterocycles. The van der Waals surface area contributed by atoms with E-state index >= 15 is 0 Å². The second kappa shape index (κ2) is 12.2. The number of carboxylic acid groups (broad SMARTS) is 1. The number of nitrogens with one attached hydrogen (secondary N) is 2. The standard InChI is InChI=1S/C27H32N2O6/c1-17(2)12-13-23(25(30)28-15-14-24(34-3)26(31)32)29-27(33)35-16-22-20-10-6-4-8-18(20)19-9-5-7-11-21(19)22/h4-12,22-24H,13-16H2,1-3H3,(H,28,30)(H,29,33)(H,31,32). The molecule has 2 unspecified atom stereocenters. The minimum absolute atomic E-state index is 0.0831. The van der Waals surface area contributed by atoms with E-state index in [2.05, 4.69) is 22.8 Å². The number of aliphatic carboxylic acids is 1. The second-order valence-electron chi connectivity index (χ2n) is 8.68. The summed E-state index contributed by atoms with van der Waals surface area (Å²) in [6, 6.07) is 15.3. The molecule has 3 rings (SSSR count). The fourth-order valence-corrected chi connectivity index (χ4v) is 4.16. The highest BCUT2D eigenvalue weighted by Crippen LogP contribution is 2.44. The third-order valence-corrected chi connectivity index (χ3v) is 5.98. The van der Waals surface area contributed by atoms with Crippen molar-refractivity contribution in [2.75, 3.05) is 20.3 Å². The molecule has 3 N–H and O–H groups in total. The number of carbonyl (C=O) groups excluding carboxylic acids is 2. The van der Waals surface area contributed by atoms with Crippen molar-refractivity contribution in [2.45, 2.75) is 44.8 Å². The molecule has 35 heavy (non-hydrogen) atoms. The Kier molecular flexibility index (Phi) is 9.03. The summed E-state index contributed by atoms with van der Waals surface area (Å²) in [5, 5.41) is 14.4. The van der Waals surface area contributed by atoms with Crippen LogP contribution >= 0.6 is 0 Å². The number of rotatable bonds is 11. The molecule has 1 aliphatic carbocycles. The summed E-state index contributed by atoms with van der Waals surface area (Å²) in [7, 11) is 1.30. The lowest BCUT2D eigenvalue weighted by Crippen LogP contribution is -2.47. The van der Waals surface area contributed by atoms with Gasteiger partial charge in [0.05, 0.1) is 0 Å². The first-order valence-corrected chi connectivity index (χ1v) is 11.6. The third-order valence-electron chi connectivity index (χ3n) is 5.98. The van der Waals surface area contributed by atoms with Crippen LogP contribution in [0.4, 0.5) is 4.79 Å². The number of hydrogen-bond donors (Lipinski definition) is 3. The van der Waals surface area contributed by atoms with E-state index in [1.807, 2.05) is 56.3 Å². The van der Waals surface area contributed by atoms with Gasteiger partial charge in [0.15, 0.2) is 6.10 Å². The van der Waals surface area contributed by atoms with Crippen molar-refractivity contribution < 1.29 is 29.0 Å². The number of methoxy groups -OCH3 is 1. The predicted octanol–water partition coefficient (Wildman–Crippen LogP) is 3.86. The van der Waals surface area contributed by atoms with E-state index in [9.17, 15) is 14.4 Å². The van der Waals surface area contributed by atoms with E-state index in [1.165, 1.54) is 7.11 Å². The van der Waals surface area contributed by atoms with Gasteiger partial charge in [0, 0.05) is 26.0 Å². The Labute approximate surface area is 205 Å². The van der Waals surface area contributed by atoms with Crippen LogP contribution in [-0.2, 0) is 19.1 Å². The quantitative estimate of drug-likeness (QED) is 0.421. The number of fused-ring (bicyclic) bond motifs is 3. The highest BCUT2D eigenvalue weighted by atomic mass is 16.5. The first-order valence-electron chi connectivity index (χ1n) is 11.6. The van der Waals surface area contributed by atoms with E-state index < -0.39 is 30.1 Å². The fourth-order valence-electron chi connectivity index (χ4n) is 4.16. The maximum absolute atomic E-state index is 12.7. The minimum atomic E-state index is -1.10. The second-order valence-corrected chi connectivity index (χ2v) is 8.68. The largest absolute Gasteiger partial charge is 0.479 e. The van der Waals surface area contributed by atoms with Crippen molar-refractivity contribution in [1.82, 2.24) is 10.6 Å². The lowest BCUT2D eigenvalue weighted by molar-refractivity contribution is -0.149. The van der Waals surface area contributed by atoms with Crippen molar-refractivity contribution >= 4 is 18.0 Å². The molecule has 0 saturated heterocycles. The summed E-state index contributed by atoms with van der Waals surface area (Å²) >= 11 is 0. The Hall–Kier alpha value is -3.65. The minimum Gasteiger partial charge on any atom is -0.479 e. The summed E-state index contributed by atoms with van der Waals surface area (Å²) in [5.74, 6) is -1.60. The van der Waals surface area contributed by atoms with E-state index in [-0.39, 0.29) is 31.9 Å². The summed E-state index contributed by atoms with van der Waals surface area (Å²) in [5.41, 5.74) is 5.47. The number of ether oxygens (including phenoxy) is 2. The Bertz CT molecular complexity index is 1050. The predicted molar refractivity (Wildman–Crippen MR) is 132 cm³/mol. The van der Waals surface area contributed by atoms with Gasteiger partial charge in [-0.25, -0.2) is 9.59 Å². The van der Waals surface area contributed by atoms with Gasteiger partial charge in [0.2, 0.25) is 5.91 Å². The zero-order valence-electron chi connectivity index (χ0n) is 20.2. The number of benzene rings is 2. The van der Waals surface area contributed by atoms with Gasteiger partial charge in [0.25, 0.3) is 0 Å². The van der Waals surface area contributed by atoms with Crippen LogP contribution in [0.1, 0.15) is 43.7 Å². The molecule has 0 saturated carbocycles. The van der Waals surface area contributed by atoms with Crippen LogP contribution < -0.4 is 10.6 Å². The molecule has 1 aliphatic rings. The molecular formula is C27H32N2O6. The fraction of sp³-hybridized carbons (Fsp3) is 0.370. The van der Waals surface area contributed by atoms with Crippen LogP contribution in [0.25, 0.3) is 11.1 Å². The highest BCUT2D eigenvalue weighted by Gasteiger charge is 2.29. The molecule has 186 valence electrons. The van der Waals surface area contributed by atoms with E-state index in [0.29, 0.717) is 0 Å². The Balaban J connectivity index is 1.61. The van der Waals surface area contributed by atoms with E-state index in [0.717, 1.165) is 27.8 Å². The smallest absolute Gasteiger partial charge is 0.407 e. The molecule has 2 atom stereocenters. The zero-order chi connectivity index (χ0) is 25.4. The highest BCUT2D eigenvalue weighted by molar-refractivity contribution is 5.86. The molecule has 0 aromatic heterocycles. The number of alkyl carbamates (subject to hydrolysis) is 1. The van der Waals surface area contributed by atoms with Gasteiger partial charge in [0.1, 0.15) is 12.6 Å². The van der Waals surface area contributed by atoms with Crippen molar-refractivity contribution in [3.8, 4) is 11.1 Å². The van der Waals surface area contributed by atoms with Gasteiger partial charge in [-0.3, -0.25) is 4.79 Å². The molecule has 0 radical (unpaired) electrons. The molecule has 0 fully saturated rings. The first-order chi connectivity index (χ1) is 16.8. The molecule has 0 aliphatic heterocycles. The summed E-state index contributed by atoms with van der Waals surface area (Å²) in [6.45, 7) is 4.04. The van der Waals surface area contributed by atoms with Crippen molar-refractivity contribution in [3.63, 3.8) is 0 Å². The average molecular weight is 481 g/mol. The molecule has 0 bridgehead atoms. The average Bonchev–Trinajstić information content (AvgIpc) is 3.16. The molecule has 2 aromatic rings. The van der Waals surface area contributed by atoms with Crippen LogP contribution in [0.5, 0.6) is 0 Å². The van der Waals surface area contributed by atoms with Crippen LogP contribution in [0, 0.1) is 0 Å². The van der Waals surface area contributed by atoms with Crippen LogP contribution in [0.15, 0.2) is 60.2 Å². The molecular weight excluding hydrogens is 448 g/mol. The van der Waals surface area contributed by atoms with Crippen LogP contribution in [0.2, 0.25) is 0 Å². The van der Waals surface area contributed by atoms with Gasteiger partial charge < -0.3 is 25.2 Å². The third kappa shape index (κ3) is 6.70. The van der Waals surface area contributed by atoms with Gasteiger partial charge in [-0.05, 0) is 42.5 Å². The van der Waals surface area contributed by atoms with Gasteiger partial charge in [-0.2, -0.15) is 0 Å². The Morgan fingerprint density at radius 2 is 1.63 bits per heavy atom. The lowest BCUT2D eigenvalue weighted by Gasteiger charge is -2.19. The van der Waals surface area contributed by atoms with Gasteiger partial charge in [-0.15, -0.1) is 0 Å². The number of carbonyl (C=O) groups is 3. The van der Waals surface area contributed by atoms with E-state index in [4.69, 9.17) is 14.6 Å². The Morgan fingerprint density at radius 3 is 2.17 bits per heavy atom. The monoisotopic (exact) mass is 480 g/mol. The zero-order valence-corrected chi connectivity index (χ0v) is 20.2. The van der Waals surface area contributed by atoms with Gasteiger partial charge >= 0.3 is 12.1 Å². The summed E-state index contributed by atoms with van der Waals surface area (Å²) in [4.78, 5) is 36.5. The number of allylic oxidation sites excluding steroid dienone is 1. The summed E-state index contributed by atoms with van der Waals surface area (Å²) in [6.07, 6.45) is 0.544. The number of amides is 2. The van der Waals surface area contributed by atoms with Crippen molar-refractivity contribution in [3.05, 3.63) is 71.3 Å². The first kappa shape index (κ1) is 26.0. The number of hydrogen-bond acceptors (Lipinski definition) is 5. The normalized spacial score (nSPS) is 13.7. The SMILES string of the molecule is COC(CCNC(=O)C(CC=C(C)C)NC(=O)OCC1c2ccccc2-c2ccccc21)C(=O)O. The summed E-state index contributed by atoms with van der Waals surface area (Å²) < 4.78 is 10.4. The van der Waals surface area contributed by atoms with Crippen molar-refractivity contribution in [2.24, 2.45) is 0 Å². The van der Waals surface area contributed by atoms with E-state index in [1.54, 1.807) is 0 Å². The molecule has 2 amide bonds. The maximum Gasteiger partial charge on any atom is 0.407 e. The van der Waals surface area contributed by atoms with Gasteiger partial charge in [-0.1, -0.05) is 60.2 Å². The van der Waals surface area contributed by atoms with Crippen LogP contribution in [0.3, 0.4) is 0 Å². The lowest BCUT2D eigenvalue weighted by atomic mass is 9.98. The molecule has 8 heteroatoms. The molecule has 2 aromatic carbocycles. The van der Waals surface area contributed by atoms with Crippen LogP contribution in [-0.4, -0.2) is 55.5 Å².